The zero-order valence-corrected chi connectivity index (χ0v) is 24.4. The Morgan fingerprint density at radius 3 is 2.21 bits per heavy atom. The van der Waals surface area contributed by atoms with Gasteiger partial charge in [-0.05, 0) is 55.2 Å². The maximum Gasteiger partial charge on any atom is 0.244 e. The molecule has 0 fully saturated rings. The number of nitrogens with zero attached hydrogens (tertiary/aromatic N) is 2. The fourth-order valence-corrected chi connectivity index (χ4v) is 5.44. The first-order valence-electron chi connectivity index (χ1n) is 12.9. The van der Waals surface area contributed by atoms with Crippen LogP contribution in [0.4, 0.5) is 5.69 Å². The predicted octanol–water partition coefficient (Wildman–Crippen LogP) is 4.89. The standard InChI is InChI=1S/C30H36ClN3O4S/c1-5-17-32-30(36)28(19-24-9-7-6-8-10-24)33(20-25-13-11-22(2)12-14-25)29(35)21-34(39(4,37)38)27-16-15-26(31)18-23(27)3/h6-16,18,28H,5,17,19-21H2,1-4H3,(H,32,36). The summed E-state index contributed by atoms with van der Waals surface area (Å²) in [6.45, 7) is 5.83. The summed E-state index contributed by atoms with van der Waals surface area (Å²) in [7, 11) is -3.84. The van der Waals surface area contributed by atoms with Gasteiger partial charge in [-0.3, -0.25) is 13.9 Å². The highest BCUT2D eigenvalue weighted by atomic mass is 35.5. The Hall–Kier alpha value is -3.36. The number of aryl methyl sites for hydroxylation is 2. The van der Waals surface area contributed by atoms with Crippen molar-refractivity contribution < 1.29 is 18.0 Å². The van der Waals surface area contributed by atoms with E-state index >= 15 is 0 Å². The number of nitrogens with one attached hydrogen (secondary N) is 1. The van der Waals surface area contributed by atoms with E-state index in [1.165, 1.54) is 4.90 Å². The lowest BCUT2D eigenvalue weighted by Gasteiger charge is -2.33. The summed E-state index contributed by atoms with van der Waals surface area (Å²) in [5.74, 6) is -0.766. The van der Waals surface area contributed by atoms with Crippen molar-refractivity contribution in [2.75, 3.05) is 23.7 Å². The van der Waals surface area contributed by atoms with Crippen LogP contribution in [0.5, 0.6) is 0 Å². The topological polar surface area (TPSA) is 86.8 Å². The predicted molar refractivity (Wildman–Crippen MR) is 157 cm³/mol. The highest BCUT2D eigenvalue weighted by molar-refractivity contribution is 7.92. The number of carbonyl (C=O) groups is 2. The van der Waals surface area contributed by atoms with E-state index in [1.807, 2.05) is 68.4 Å². The van der Waals surface area contributed by atoms with Crippen LogP contribution >= 0.6 is 11.6 Å². The lowest BCUT2D eigenvalue weighted by atomic mass is 10.0. The van der Waals surface area contributed by atoms with Crippen LogP contribution in [-0.4, -0.2) is 50.5 Å². The molecule has 0 aliphatic carbocycles. The molecular weight excluding hydrogens is 534 g/mol. The molecule has 3 rings (SSSR count). The van der Waals surface area contributed by atoms with Crippen molar-refractivity contribution in [1.29, 1.82) is 0 Å². The van der Waals surface area contributed by atoms with Gasteiger partial charge in [0, 0.05) is 24.5 Å². The number of anilines is 1. The van der Waals surface area contributed by atoms with Crippen LogP contribution in [0.25, 0.3) is 0 Å². The molecule has 3 aromatic carbocycles. The third kappa shape index (κ3) is 8.57. The van der Waals surface area contributed by atoms with Gasteiger partial charge in [-0.1, -0.05) is 78.7 Å². The molecule has 1 atom stereocenters. The number of hydrogen-bond donors (Lipinski definition) is 1. The average molecular weight is 570 g/mol. The molecule has 0 saturated carbocycles. The van der Waals surface area contributed by atoms with E-state index in [2.05, 4.69) is 5.32 Å². The maximum absolute atomic E-state index is 14.0. The van der Waals surface area contributed by atoms with E-state index in [0.717, 1.165) is 33.7 Å². The fraction of sp³-hybridized carbons (Fsp3) is 0.333. The molecule has 0 radical (unpaired) electrons. The number of hydrogen-bond acceptors (Lipinski definition) is 4. The number of sulfonamides is 1. The lowest BCUT2D eigenvalue weighted by Crippen LogP contribution is -2.53. The first-order valence-corrected chi connectivity index (χ1v) is 15.1. The smallest absolute Gasteiger partial charge is 0.244 e. The molecule has 3 aromatic rings. The van der Waals surface area contributed by atoms with Crippen LogP contribution in [0.15, 0.2) is 72.8 Å². The Morgan fingerprint density at radius 1 is 0.949 bits per heavy atom. The lowest BCUT2D eigenvalue weighted by molar-refractivity contribution is -0.140. The zero-order valence-electron chi connectivity index (χ0n) is 22.9. The van der Waals surface area contributed by atoms with Crippen LogP contribution in [0.1, 0.15) is 35.6 Å². The van der Waals surface area contributed by atoms with Crippen molar-refractivity contribution in [3.63, 3.8) is 0 Å². The Kier molecular flexibility index (Phi) is 10.5. The third-order valence-corrected chi connectivity index (χ3v) is 7.76. The van der Waals surface area contributed by atoms with Crippen LogP contribution < -0.4 is 9.62 Å². The van der Waals surface area contributed by atoms with E-state index in [9.17, 15) is 18.0 Å². The van der Waals surface area contributed by atoms with E-state index in [1.54, 1.807) is 25.1 Å². The van der Waals surface area contributed by atoms with Crippen molar-refractivity contribution in [1.82, 2.24) is 10.2 Å². The molecular formula is C30H36ClN3O4S. The van der Waals surface area contributed by atoms with Gasteiger partial charge in [0.2, 0.25) is 21.8 Å². The highest BCUT2D eigenvalue weighted by Gasteiger charge is 2.33. The van der Waals surface area contributed by atoms with Crippen LogP contribution in [-0.2, 0) is 32.6 Å². The van der Waals surface area contributed by atoms with Gasteiger partial charge in [0.25, 0.3) is 0 Å². The number of carbonyl (C=O) groups excluding carboxylic acids is 2. The van der Waals surface area contributed by atoms with E-state index in [0.29, 0.717) is 22.8 Å². The van der Waals surface area contributed by atoms with Crippen LogP contribution in [0, 0.1) is 13.8 Å². The summed E-state index contributed by atoms with van der Waals surface area (Å²) in [6.07, 6.45) is 2.09. The van der Waals surface area contributed by atoms with Gasteiger partial charge < -0.3 is 10.2 Å². The fourth-order valence-electron chi connectivity index (χ4n) is 4.30. The first-order chi connectivity index (χ1) is 18.5. The highest BCUT2D eigenvalue weighted by Crippen LogP contribution is 2.26. The number of benzene rings is 3. The molecule has 7 nitrogen and oxygen atoms in total. The molecule has 39 heavy (non-hydrogen) atoms. The van der Waals surface area contributed by atoms with Gasteiger partial charge in [-0.15, -0.1) is 0 Å². The summed E-state index contributed by atoms with van der Waals surface area (Å²) in [5.41, 5.74) is 3.78. The van der Waals surface area contributed by atoms with Gasteiger partial charge in [-0.25, -0.2) is 8.42 Å². The molecule has 0 spiro atoms. The Bertz CT molecular complexity index is 1380. The quantitative estimate of drug-likeness (QED) is 0.336. The maximum atomic E-state index is 14.0. The van der Waals surface area contributed by atoms with E-state index in [4.69, 9.17) is 11.6 Å². The first kappa shape index (κ1) is 30.2. The molecule has 2 amide bonds. The minimum absolute atomic E-state index is 0.146. The minimum Gasteiger partial charge on any atom is -0.354 e. The second-order valence-electron chi connectivity index (χ2n) is 9.70. The minimum atomic E-state index is -3.84. The van der Waals surface area contributed by atoms with Crippen molar-refractivity contribution >= 4 is 39.1 Å². The van der Waals surface area contributed by atoms with Crippen LogP contribution in [0.3, 0.4) is 0 Å². The molecule has 0 saturated heterocycles. The van der Waals surface area contributed by atoms with Crippen molar-refractivity contribution in [2.24, 2.45) is 0 Å². The SMILES string of the molecule is CCCNC(=O)C(Cc1ccccc1)N(Cc1ccc(C)cc1)C(=O)CN(c1ccc(Cl)cc1C)S(C)(=O)=O. The van der Waals surface area contributed by atoms with Crippen molar-refractivity contribution in [3.05, 3.63) is 100 Å². The molecule has 1 N–H and O–H groups in total. The second kappa shape index (κ2) is 13.6. The molecule has 1 unspecified atom stereocenters. The van der Waals surface area contributed by atoms with Gasteiger partial charge in [-0.2, -0.15) is 0 Å². The third-order valence-electron chi connectivity index (χ3n) is 6.40. The average Bonchev–Trinajstić information content (AvgIpc) is 2.89. The Labute approximate surface area is 236 Å². The van der Waals surface area contributed by atoms with Gasteiger partial charge >= 0.3 is 0 Å². The normalized spacial score (nSPS) is 12.0. The summed E-state index contributed by atoms with van der Waals surface area (Å²) in [6, 6.07) is 21.2. The molecule has 0 aliphatic rings. The van der Waals surface area contributed by atoms with Crippen LogP contribution in [0.2, 0.25) is 5.02 Å². The number of amides is 2. The van der Waals surface area contributed by atoms with Crippen molar-refractivity contribution in [3.8, 4) is 0 Å². The van der Waals surface area contributed by atoms with E-state index in [-0.39, 0.29) is 18.9 Å². The Morgan fingerprint density at radius 2 is 1.62 bits per heavy atom. The molecule has 0 aromatic heterocycles. The molecule has 9 heteroatoms. The van der Waals surface area contributed by atoms with Crippen molar-refractivity contribution in [2.45, 2.75) is 46.2 Å². The van der Waals surface area contributed by atoms with E-state index < -0.39 is 28.5 Å². The summed E-state index contributed by atoms with van der Waals surface area (Å²) < 4.78 is 26.9. The number of halogens is 1. The second-order valence-corrected chi connectivity index (χ2v) is 12.0. The monoisotopic (exact) mass is 569 g/mol. The van der Waals surface area contributed by atoms with Gasteiger partial charge in [0.1, 0.15) is 12.6 Å². The van der Waals surface area contributed by atoms with Gasteiger partial charge in [0.05, 0.1) is 11.9 Å². The summed E-state index contributed by atoms with van der Waals surface area (Å²) >= 11 is 6.10. The summed E-state index contributed by atoms with van der Waals surface area (Å²) in [4.78, 5) is 29.0. The zero-order chi connectivity index (χ0) is 28.6. The number of rotatable bonds is 12. The molecule has 0 heterocycles. The van der Waals surface area contributed by atoms with Gasteiger partial charge in [0.15, 0.2) is 0 Å². The molecule has 0 aliphatic heterocycles. The summed E-state index contributed by atoms with van der Waals surface area (Å²) in [5, 5.41) is 3.40. The Balaban J connectivity index is 2.05. The molecule has 208 valence electrons. The largest absolute Gasteiger partial charge is 0.354 e. The molecule has 0 bridgehead atoms.